The summed E-state index contributed by atoms with van der Waals surface area (Å²) >= 11 is 0. The van der Waals surface area contributed by atoms with Crippen LogP contribution in [0.4, 0.5) is 4.39 Å². The molecule has 3 nitrogen and oxygen atoms in total. The van der Waals surface area contributed by atoms with Gasteiger partial charge in [0.05, 0.1) is 12.0 Å². The van der Waals surface area contributed by atoms with Crippen LogP contribution in [0.1, 0.15) is 31.9 Å². The highest BCUT2D eigenvalue weighted by molar-refractivity contribution is 5.80. The lowest BCUT2D eigenvalue weighted by molar-refractivity contribution is -0.125. The summed E-state index contributed by atoms with van der Waals surface area (Å²) in [4.78, 5) is 12.1. The number of carbonyl (C=O) groups is 1. The minimum absolute atomic E-state index is 0.00301. The van der Waals surface area contributed by atoms with Gasteiger partial charge in [0, 0.05) is 11.6 Å². The molecule has 1 aromatic carbocycles. The van der Waals surface area contributed by atoms with E-state index in [0.29, 0.717) is 5.56 Å². The zero-order chi connectivity index (χ0) is 13.1. The molecule has 1 saturated heterocycles. The van der Waals surface area contributed by atoms with Crippen LogP contribution in [0.3, 0.4) is 0 Å². The van der Waals surface area contributed by atoms with Crippen molar-refractivity contribution in [2.75, 3.05) is 6.54 Å². The molecule has 0 radical (unpaired) electrons. The molecule has 1 aliphatic rings. The zero-order valence-electron chi connectivity index (χ0n) is 10.7. The minimum atomic E-state index is -0.300. The third kappa shape index (κ3) is 2.70. The summed E-state index contributed by atoms with van der Waals surface area (Å²) < 4.78 is 13.6. The lowest BCUT2D eigenvalue weighted by atomic mass is 10.00. The Labute approximate surface area is 107 Å². The predicted octanol–water partition coefficient (Wildman–Crippen LogP) is 2.00. The van der Waals surface area contributed by atoms with Gasteiger partial charge in [-0.15, -0.1) is 0 Å². The van der Waals surface area contributed by atoms with Gasteiger partial charge in [0.15, 0.2) is 0 Å². The van der Waals surface area contributed by atoms with Crippen molar-refractivity contribution in [3.8, 4) is 0 Å². The van der Waals surface area contributed by atoms with E-state index < -0.39 is 0 Å². The Hall–Kier alpha value is -1.42. The van der Waals surface area contributed by atoms with Crippen LogP contribution in [0, 0.1) is 11.7 Å². The van der Waals surface area contributed by atoms with E-state index in [-0.39, 0.29) is 29.7 Å². The number of amides is 1. The molecule has 2 N–H and O–H groups in total. The molecular formula is C14H19FN2O. The maximum atomic E-state index is 13.6. The second-order valence-corrected chi connectivity index (χ2v) is 4.89. The van der Waals surface area contributed by atoms with Crippen molar-refractivity contribution in [1.82, 2.24) is 10.6 Å². The second kappa shape index (κ2) is 5.48. The molecule has 0 aromatic heterocycles. The van der Waals surface area contributed by atoms with Crippen LogP contribution in [-0.2, 0) is 4.79 Å². The summed E-state index contributed by atoms with van der Waals surface area (Å²) in [5.74, 6) is -0.287. The lowest BCUT2D eigenvalue weighted by Crippen LogP contribution is -2.38. The molecule has 98 valence electrons. The Morgan fingerprint density at radius 2 is 2.22 bits per heavy atom. The molecule has 1 heterocycles. The third-order valence-electron chi connectivity index (χ3n) is 3.59. The quantitative estimate of drug-likeness (QED) is 0.861. The van der Waals surface area contributed by atoms with Crippen molar-refractivity contribution in [3.05, 3.63) is 35.6 Å². The number of carbonyl (C=O) groups excluding carboxylic acids is 1. The van der Waals surface area contributed by atoms with E-state index >= 15 is 0 Å². The fourth-order valence-electron chi connectivity index (χ4n) is 2.44. The van der Waals surface area contributed by atoms with E-state index in [4.69, 9.17) is 0 Å². The highest BCUT2D eigenvalue weighted by Crippen LogP contribution is 2.19. The number of halogens is 1. The van der Waals surface area contributed by atoms with E-state index in [0.717, 1.165) is 13.0 Å². The largest absolute Gasteiger partial charge is 0.349 e. The molecule has 0 saturated carbocycles. The van der Waals surface area contributed by atoms with Gasteiger partial charge in [0.25, 0.3) is 0 Å². The van der Waals surface area contributed by atoms with Gasteiger partial charge in [-0.25, -0.2) is 4.39 Å². The molecule has 1 aliphatic heterocycles. The summed E-state index contributed by atoms with van der Waals surface area (Å²) in [6.45, 7) is 4.68. The number of hydrogen-bond donors (Lipinski definition) is 2. The molecule has 4 heteroatoms. The lowest BCUT2D eigenvalue weighted by Gasteiger charge is -2.20. The fourth-order valence-corrected chi connectivity index (χ4v) is 2.44. The molecule has 3 atom stereocenters. The van der Waals surface area contributed by atoms with Crippen molar-refractivity contribution in [2.45, 2.75) is 32.4 Å². The van der Waals surface area contributed by atoms with Crippen LogP contribution in [-0.4, -0.2) is 18.5 Å². The monoisotopic (exact) mass is 250 g/mol. The Kier molecular flexibility index (Phi) is 3.97. The van der Waals surface area contributed by atoms with Gasteiger partial charge in [-0.05, 0) is 32.9 Å². The average molecular weight is 250 g/mol. The first-order valence-corrected chi connectivity index (χ1v) is 6.37. The molecule has 0 bridgehead atoms. The molecule has 2 rings (SSSR count). The fraction of sp³-hybridized carbons (Fsp3) is 0.500. The molecule has 1 aromatic rings. The SMILES string of the molecule is CC(NC(=O)C1CCNC1C)c1ccccc1F. The molecule has 3 unspecified atom stereocenters. The van der Waals surface area contributed by atoms with E-state index in [1.807, 2.05) is 13.8 Å². The minimum Gasteiger partial charge on any atom is -0.349 e. The summed E-state index contributed by atoms with van der Waals surface area (Å²) in [6.07, 6.45) is 0.844. The van der Waals surface area contributed by atoms with Crippen LogP contribution in [0.15, 0.2) is 24.3 Å². The molecule has 0 spiro atoms. The highest BCUT2D eigenvalue weighted by atomic mass is 19.1. The first-order valence-electron chi connectivity index (χ1n) is 6.37. The Bertz CT molecular complexity index is 436. The van der Waals surface area contributed by atoms with Crippen molar-refractivity contribution >= 4 is 5.91 Å². The van der Waals surface area contributed by atoms with Crippen LogP contribution in [0.5, 0.6) is 0 Å². The molecular weight excluding hydrogens is 231 g/mol. The Morgan fingerprint density at radius 3 is 2.83 bits per heavy atom. The number of hydrogen-bond acceptors (Lipinski definition) is 2. The third-order valence-corrected chi connectivity index (χ3v) is 3.59. The van der Waals surface area contributed by atoms with Gasteiger partial charge in [0.2, 0.25) is 5.91 Å². The van der Waals surface area contributed by atoms with Gasteiger partial charge in [-0.2, -0.15) is 0 Å². The summed E-state index contributed by atoms with van der Waals surface area (Å²) in [7, 11) is 0. The van der Waals surface area contributed by atoms with Gasteiger partial charge in [0.1, 0.15) is 5.82 Å². The summed E-state index contributed by atoms with van der Waals surface area (Å²) in [5, 5.41) is 6.13. The van der Waals surface area contributed by atoms with Gasteiger partial charge >= 0.3 is 0 Å². The molecule has 1 fully saturated rings. The normalized spacial score (nSPS) is 24.8. The van der Waals surface area contributed by atoms with E-state index in [1.54, 1.807) is 18.2 Å². The average Bonchev–Trinajstić information content (AvgIpc) is 2.76. The van der Waals surface area contributed by atoms with E-state index in [9.17, 15) is 9.18 Å². The van der Waals surface area contributed by atoms with Crippen molar-refractivity contribution in [3.63, 3.8) is 0 Å². The van der Waals surface area contributed by atoms with Crippen LogP contribution in [0.2, 0.25) is 0 Å². The Morgan fingerprint density at radius 1 is 1.50 bits per heavy atom. The topological polar surface area (TPSA) is 41.1 Å². The number of nitrogens with one attached hydrogen (secondary N) is 2. The van der Waals surface area contributed by atoms with Crippen LogP contribution < -0.4 is 10.6 Å². The maximum Gasteiger partial charge on any atom is 0.225 e. The zero-order valence-corrected chi connectivity index (χ0v) is 10.7. The van der Waals surface area contributed by atoms with Gasteiger partial charge < -0.3 is 10.6 Å². The van der Waals surface area contributed by atoms with E-state index in [2.05, 4.69) is 10.6 Å². The summed E-state index contributed by atoms with van der Waals surface area (Å²) in [6, 6.07) is 6.44. The van der Waals surface area contributed by atoms with E-state index in [1.165, 1.54) is 6.07 Å². The van der Waals surface area contributed by atoms with Crippen LogP contribution in [0.25, 0.3) is 0 Å². The first-order chi connectivity index (χ1) is 8.59. The number of benzene rings is 1. The molecule has 1 amide bonds. The van der Waals surface area contributed by atoms with Crippen LogP contribution >= 0.6 is 0 Å². The smallest absolute Gasteiger partial charge is 0.225 e. The van der Waals surface area contributed by atoms with Crippen molar-refractivity contribution < 1.29 is 9.18 Å². The second-order valence-electron chi connectivity index (χ2n) is 4.89. The van der Waals surface area contributed by atoms with Gasteiger partial charge in [-0.1, -0.05) is 18.2 Å². The Balaban J connectivity index is 2.01. The molecule has 0 aliphatic carbocycles. The molecule has 18 heavy (non-hydrogen) atoms. The standard InChI is InChI=1S/C14H19FN2O/c1-9-12(7-8-16-9)14(18)17-10(2)11-5-3-4-6-13(11)15/h3-6,9-10,12,16H,7-8H2,1-2H3,(H,17,18). The maximum absolute atomic E-state index is 13.6. The first kappa shape index (κ1) is 13.0. The number of rotatable bonds is 3. The van der Waals surface area contributed by atoms with Gasteiger partial charge in [-0.3, -0.25) is 4.79 Å². The summed E-state index contributed by atoms with van der Waals surface area (Å²) in [5.41, 5.74) is 0.532. The van der Waals surface area contributed by atoms with Crippen molar-refractivity contribution in [1.29, 1.82) is 0 Å². The predicted molar refractivity (Wildman–Crippen MR) is 68.5 cm³/mol. The van der Waals surface area contributed by atoms with Crippen molar-refractivity contribution in [2.24, 2.45) is 5.92 Å². The highest BCUT2D eigenvalue weighted by Gasteiger charge is 2.30.